The van der Waals surface area contributed by atoms with Crippen LogP contribution in [-0.2, 0) is 19.4 Å². The van der Waals surface area contributed by atoms with Crippen LogP contribution in [0.3, 0.4) is 0 Å². The van der Waals surface area contributed by atoms with Gasteiger partial charge in [-0.25, -0.2) is 14.2 Å². The van der Waals surface area contributed by atoms with E-state index in [0.717, 1.165) is 56.0 Å². The highest BCUT2D eigenvalue weighted by molar-refractivity contribution is 7.15. The number of hydrogen-bond donors (Lipinski definition) is 2. The molecule has 0 bridgehead atoms. The molecule has 1 fully saturated rings. The molecule has 2 N–H and O–H groups in total. The van der Waals surface area contributed by atoms with Crippen molar-refractivity contribution in [2.45, 2.75) is 57.5 Å². The van der Waals surface area contributed by atoms with Crippen molar-refractivity contribution in [2.75, 3.05) is 18.4 Å². The highest BCUT2D eigenvalue weighted by Gasteiger charge is 2.22. The number of nitrogens with one attached hydrogen (secondary N) is 2. The van der Waals surface area contributed by atoms with Gasteiger partial charge >= 0.3 is 6.03 Å². The van der Waals surface area contributed by atoms with E-state index in [1.54, 1.807) is 11.3 Å². The van der Waals surface area contributed by atoms with Crippen LogP contribution in [0.25, 0.3) is 0 Å². The Morgan fingerprint density at radius 1 is 1.14 bits per heavy atom. The molecule has 2 heterocycles. The van der Waals surface area contributed by atoms with E-state index in [1.807, 2.05) is 12.1 Å². The maximum atomic E-state index is 13.0. The third-order valence-electron chi connectivity index (χ3n) is 5.56. The van der Waals surface area contributed by atoms with Gasteiger partial charge in [-0.2, -0.15) is 0 Å². The number of urea groups is 1. The Morgan fingerprint density at radius 2 is 1.89 bits per heavy atom. The van der Waals surface area contributed by atoms with E-state index < -0.39 is 0 Å². The summed E-state index contributed by atoms with van der Waals surface area (Å²) in [6.07, 6.45) is 7.64. The molecular weight excluding hydrogens is 375 g/mol. The lowest BCUT2D eigenvalue weighted by molar-refractivity contribution is 0.190. The molecular formula is C21H27FN4OS. The first-order valence-corrected chi connectivity index (χ1v) is 11.0. The van der Waals surface area contributed by atoms with Gasteiger partial charge in [-0.1, -0.05) is 18.6 Å². The van der Waals surface area contributed by atoms with Crippen molar-refractivity contribution >= 4 is 22.5 Å². The number of amides is 2. The number of likely N-dealkylation sites (tertiary alicyclic amines) is 1. The average Bonchev–Trinajstić information content (AvgIpc) is 2.93. The fourth-order valence-electron chi connectivity index (χ4n) is 3.98. The molecule has 1 aliphatic heterocycles. The number of benzene rings is 1. The topological polar surface area (TPSA) is 57.3 Å². The minimum absolute atomic E-state index is 0.152. The van der Waals surface area contributed by atoms with E-state index in [2.05, 4.69) is 20.5 Å². The number of nitrogens with zero attached hydrogens (tertiary/aromatic N) is 2. The lowest BCUT2D eigenvalue weighted by atomic mass is 10.0. The Bertz CT molecular complexity index is 776. The second-order valence-electron chi connectivity index (χ2n) is 7.72. The standard InChI is InChI=1S/C21H27FN4OS/c22-16-8-6-15(7-9-16)14-26-12-10-17(11-13-26)23-20(27)25-21-24-18-4-2-1-3-5-19(18)28-21/h6-9,17H,1-5,10-14H2,(H2,23,24,25,27). The molecule has 4 rings (SSSR count). The zero-order valence-corrected chi connectivity index (χ0v) is 16.9. The van der Waals surface area contributed by atoms with Gasteiger partial charge in [-0.3, -0.25) is 10.2 Å². The van der Waals surface area contributed by atoms with Crippen LogP contribution in [0.4, 0.5) is 14.3 Å². The van der Waals surface area contributed by atoms with Gasteiger partial charge in [0, 0.05) is 30.6 Å². The number of aromatic nitrogens is 1. The molecule has 0 spiro atoms. The Kier molecular flexibility index (Phi) is 6.22. The van der Waals surface area contributed by atoms with Crippen LogP contribution in [0.15, 0.2) is 24.3 Å². The van der Waals surface area contributed by atoms with Crippen molar-refractivity contribution in [3.63, 3.8) is 0 Å². The van der Waals surface area contributed by atoms with Gasteiger partial charge in [0.1, 0.15) is 5.82 Å². The lowest BCUT2D eigenvalue weighted by Crippen LogP contribution is -2.45. The first-order valence-electron chi connectivity index (χ1n) is 10.2. The lowest BCUT2D eigenvalue weighted by Gasteiger charge is -2.32. The predicted molar refractivity (Wildman–Crippen MR) is 110 cm³/mol. The molecule has 1 aromatic heterocycles. The van der Waals surface area contributed by atoms with E-state index in [4.69, 9.17) is 0 Å². The van der Waals surface area contributed by atoms with Crippen LogP contribution in [0.1, 0.15) is 48.2 Å². The fraction of sp³-hybridized carbons (Fsp3) is 0.524. The molecule has 2 aromatic rings. The van der Waals surface area contributed by atoms with Gasteiger partial charge in [0.25, 0.3) is 0 Å². The minimum Gasteiger partial charge on any atom is -0.335 e. The molecule has 1 aliphatic carbocycles. The van der Waals surface area contributed by atoms with Gasteiger partial charge in [0.2, 0.25) is 0 Å². The first-order chi connectivity index (χ1) is 13.7. The number of halogens is 1. The number of aryl methyl sites for hydroxylation is 2. The summed E-state index contributed by atoms with van der Waals surface area (Å²) >= 11 is 1.62. The number of hydrogen-bond acceptors (Lipinski definition) is 4. The summed E-state index contributed by atoms with van der Waals surface area (Å²) in [5.74, 6) is -0.200. The molecule has 1 saturated heterocycles. The Morgan fingerprint density at radius 3 is 2.68 bits per heavy atom. The van der Waals surface area contributed by atoms with Crippen LogP contribution in [0, 0.1) is 5.82 Å². The maximum absolute atomic E-state index is 13.0. The number of carbonyl (C=O) groups is 1. The highest BCUT2D eigenvalue weighted by Crippen LogP contribution is 2.28. The molecule has 28 heavy (non-hydrogen) atoms. The van der Waals surface area contributed by atoms with Crippen LogP contribution in [0.2, 0.25) is 0 Å². The van der Waals surface area contributed by atoms with Crippen molar-refractivity contribution < 1.29 is 9.18 Å². The molecule has 0 radical (unpaired) electrons. The van der Waals surface area contributed by atoms with Crippen LogP contribution < -0.4 is 10.6 Å². The zero-order chi connectivity index (χ0) is 19.3. The van der Waals surface area contributed by atoms with Gasteiger partial charge < -0.3 is 5.32 Å². The molecule has 150 valence electrons. The summed E-state index contributed by atoms with van der Waals surface area (Å²) in [7, 11) is 0. The number of piperidine rings is 1. The molecule has 0 unspecified atom stereocenters. The predicted octanol–water partition coefficient (Wildman–Crippen LogP) is 4.34. The summed E-state index contributed by atoms with van der Waals surface area (Å²) in [6.45, 7) is 2.67. The highest BCUT2D eigenvalue weighted by atomic mass is 32.1. The number of thiazole rings is 1. The monoisotopic (exact) mass is 402 g/mol. The molecule has 2 aliphatic rings. The summed E-state index contributed by atoms with van der Waals surface area (Å²) in [5, 5.41) is 6.74. The van der Waals surface area contributed by atoms with Crippen LogP contribution >= 0.6 is 11.3 Å². The zero-order valence-electron chi connectivity index (χ0n) is 16.0. The number of carbonyl (C=O) groups excluding carboxylic acids is 1. The number of rotatable bonds is 4. The van der Waals surface area contributed by atoms with Gasteiger partial charge in [0.05, 0.1) is 5.69 Å². The van der Waals surface area contributed by atoms with Gasteiger partial charge in [-0.05, 0) is 56.2 Å². The quantitative estimate of drug-likeness (QED) is 0.748. The van der Waals surface area contributed by atoms with E-state index in [0.29, 0.717) is 0 Å². The third-order valence-corrected chi connectivity index (χ3v) is 6.63. The Hall–Kier alpha value is -1.99. The fourth-order valence-corrected chi connectivity index (χ4v) is 5.03. The van der Waals surface area contributed by atoms with Gasteiger partial charge in [0.15, 0.2) is 5.13 Å². The van der Waals surface area contributed by atoms with E-state index in [1.165, 1.54) is 42.0 Å². The average molecular weight is 403 g/mol. The number of anilines is 1. The van der Waals surface area contributed by atoms with Crippen LogP contribution in [0.5, 0.6) is 0 Å². The largest absolute Gasteiger partial charge is 0.335 e. The molecule has 0 saturated carbocycles. The SMILES string of the molecule is O=C(Nc1nc2c(s1)CCCCC2)NC1CCN(Cc2ccc(F)cc2)CC1. The van der Waals surface area contributed by atoms with Crippen molar-refractivity contribution in [2.24, 2.45) is 0 Å². The van der Waals surface area contributed by atoms with Gasteiger partial charge in [-0.15, -0.1) is 11.3 Å². The molecule has 2 amide bonds. The molecule has 0 atom stereocenters. The summed E-state index contributed by atoms with van der Waals surface area (Å²) < 4.78 is 13.0. The van der Waals surface area contributed by atoms with E-state index in [9.17, 15) is 9.18 Å². The maximum Gasteiger partial charge on any atom is 0.321 e. The smallest absolute Gasteiger partial charge is 0.321 e. The van der Waals surface area contributed by atoms with Crippen molar-refractivity contribution in [1.29, 1.82) is 0 Å². The minimum atomic E-state index is -0.200. The third kappa shape index (κ3) is 5.08. The van der Waals surface area contributed by atoms with E-state index in [-0.39, 0.29) is 17.9 Å². The molecule has 5 nitrogen and oxygen atoms in total. The second kappa shape index (κ2) is 9.01. The summed E-state index contributed by atoms with van der Waals surface area (Å²) in [5.41, 5.74) is 2.29. The Labute approximate surface area is 169 Å². The molecule has 7 heteroatoms. The number of fused-ring (bicyclic) bond motifs is 1. The second-order valence-corrected chi connectivity index (χ2v) is 8.81. The Balaban J connectivity index is 1.22. The van der Waals surface area contributed by atoms with Crippen LogP contribution in [-0.4, -0.2) is 35.0 Å². The summed E-state index contributed by atoms with van der Waals surface area (Å²) in [4.78, 5) is 20.7. The van der Waals surface area contributed by atoms with Crippen molar-refractivity contribution in [3.8, 4) is 0 Å². The molecule has 1 aromatic carbocycles. The first kappa shape index (κ1) is 19.3. The van der Waals surface area contributed by atoms with E-state index >= 15 is 0 Å². The van der Waals surface area contributed by atoms with Crippen molar-refractivity contribution in [1.82, 2.24) is 15.2 Å². The normalized spacial score (nSPS) is 18.3. The summed E-state index contributed by atoms with van der Waals surface area (Å²) in [6, 6.07) is 6.71. The van der Waals surface area contributed by atoms with Crippen molar-refractivity contribution in [3.05, 3.63) is 46.2 Å².